The molecule has 0 atom stereocenters. The highest BCUT2D eigenvalue weighted by molar-refractivity contribution is 7.80. The van der Waals surface area contributed by atoms with E-state index in [-0.39, 0.29) is 94.8 Å². The van der Waals surface area contributed by atoms with E-state index >= 15 is 0 Å². The van der Waals surface area contributed by atoms with Crippen LogP contribution in [-0.4, -0.2) is 442 Å². The summed E-state index contributed by atoms with van der Waals surface area (Å²) in [4.78, 5) is 24.3. The van der Waals surface area contributed by atoms with Crippen molar-refractivity contribution in [3.63, 3.8) is 0 Å². The molecular formula is C86H152O42S. The van der Waals surface area contributed by atoms with E-state index < -0.39 is 29.2 Å². The molecule has 0 amide bonds. The number of carbonyl (C=O) groups excluding carboxylic acids is 2. The summed E-state index contributed by atoms with van der Waals surface area (Å²) in [5.41, 5.74) is 2.11. The van der Waals surface area contributed by atoms with E-state index in [1.165, 1.54) is 19.8 Å². The van der Waals surface area contributed by atoms with Gasteiger partial charge in [0.25, 0.3) is 0 Å². The van der Waals surface area contributed by atoms with Crippen LogP contribution in [0.2, 0.25) is 0 Å². The van der Waals surface area contributed by atoms with Crippen molar-refractivity contribution in [1.82, 2.24) is 0 Å². The van der Waals surface area contributed by atoms with Gasteiger partial charge in [0.05, 0.1) is 309 Å². The third-order valence-corrected chi connectivity index (χ3v) is 15.3. The molecule has 129 heavy (non-hydrogen) atoms. The van der Waals surface area contributed by atoms with E-state index in [4.69, 9.17) is 172 Å². The van der Waals surface area contributed by atoms with Crippen molar-refractivity contribution in [1.29, 1.82) is 0 Å². The number of esters is 2. The van der Waals surface area contributed by atoms with Gasteiger partial charge in [-0.2, -0.15) is 0 Å². The topological polar surface area (TPSA) is 514 Å². The van der Waals surface area contributed by atoms with E-state index in [1.54, 1.807) is 81.1 Å². The third kappa shape index (κ3) is 79.5. The van der Waals surface area contributed by atoms with Gasteiger partial charge in [0.2, 0.25) is 11.5 Å². The van der Waals surface area contributed by atoms with Crippen molar-refractivity contribution in [3.8, 4) is 51.7 Å². The number of phenols is 3. The Morgan fingerprint density at radius 3 is 0.659 bits per heavy atom. The molecule has 0 bridgehead atoms. The second kappa shape index (κ2) is 100. The molecule has 42 nitrogen and oxygen atoms in total. The van der Waals surface area contributed by atoms with Gasteiger partial charge in [0.15, 0.2) is 40.2 Å². The summed E-state index contributed by atoms with van der Waals surface area (Å²) in [6.07, 6.45) is 0. The average Bonchev–Trinajstić information content (AvgIpc) is 0.817. The van der Waals surface area contributed by atoms with E-state index in [0.29, 0.717) is 291 Å². The SMILES string of the molecule is COC(=O)c1cc(O)c(O)c(O)c1.COCCOCCOCCO.COCCOCCOCCO.COCCOCCOCCOc1cc(C(=O)OC)cc(OCCOCCOCCOC)c1OCCOCCOCCOC.COCCOCCOCCOc1cc(CO)cc(OCCOCCOCCOC)c1OCCOCCOCCOC.Cc1ccc(S)cc1.O.O. The molecule has 43 heteroatoms. The maximum atomic E-state index is 12.4. The number of aliphatic hydroxyl groups excluding tert-OH is 3. The smallest absolute Gasteiger partial charge is 0.338 e. The number of methoxy groups -OCH3 is 10. The molecule has 0 fully saturated rings. The highest BCUT2D eigenvalue weighted by atomic mass is 32.1. The first-order valence-electron chi connectivity index (χ1n) is 41.4. The summed E-state index contributed by atoms with van der Waals surface area (Å²) in [5, 5.41) is 53.4. The zero-order valence-electron chi connectivity index (χ0n) is 77.4. The fourth-order valence-electron chi connectivity index (χ4n) is 8.72. The molecule has 0 unspecified atom stereocenters. The van der Waals surface area contributed by atoms with Crippen LogP contribution in [0.15, 0.2) is 65.6 Å². The van der Waals surface area contributed by atoms with Gasteiger partial charge in [-0.25, -0.2) is 9.59 Å². The molecule has 0 aliphatic rings. The minimum atomic E-state index is -0.703. The second-order valence-electron chi connectivity index (χ2n) is 24.8. The predicted octanol–water partition coefficient (Wildman–Crippen LogP) is 3.54. The normalized spacial score (nSPS) is 10.6. The molecule has 10 N–H and O–H groups in total. The van der Waals surface area contributed by atoms with Crippen LogP contribution < -0.4 is 28.4 Å². The van der Waals surface area contributed by atoms with Gasteiger partial charge < -0.3 is 193 Å². The number of aliphatic hydroxyl groups is 3. The first-order valence-corrected chi connectivity index (χ1v) is 41.8. The van der Waals surface area contributed by atoms with Crippen LogP contribution in [0, 0.1) is 6.92 Å². The first-order chi connectivity index (χ1) is 62.1. The van der Waals surface area contributed by atoms with Gasteiger partial charge in [0, 0.05) is 61.8 Å². The molecule has 0 radical (unpaired) electrons. The number of aromatic hydroxyl groups is 3. The molecule has 0 spiro atoms. The fourth-order valence-corrected chi connectivity index (χ4v) is 8.87. The number of benzene rings is 4. The lowest BCUT2D eigenvalue weighted by Crippen LogP contribution is -2.16. The number of phenolic OH excluding ortho intramolecular Hbond substituents is 3. The fraction of sp³-hybridized carbons (Fsp3) is 0.698. The van der Waals surface area contributed by atoms with Crippen LogP contribution in [0.1, 0.15) is 31.8 Å². The van der Waals surface area contributed by atoms with Crippen LogP contribution in [0.3, 0.4) is 0 Å². The van der Waals surface area contributed by atoms with Gasteiger partial charge in [-0.3, -0.25) is 0 Å². The highest BCUT2D eigenvalue weighted by Gasteiger charge is 2.21. The predicted molar refractivity (Wildman–Crippen MR) is 474 cm³/mol. The summed E-state index contributed by atoms with van der Waals surface area (Å²) in [6.45, 7) is 22.1. The molecule has 0 aliphatic heterocycles. The Morgan fingerprint density at radius 1 is 0.264 bits per heavy atom. The van der Waals surface area contributed by atoms with E-state index in [1.807, 2.05) is 24.3 Å². The Bertz CT molecular complexity index is 2880. The number of carbonyl (C=O) groups is 2. The first kappa shape index (κ1) is 128. The van der Waals surface area contributed by atoms with Crippen LogP contribution in [0.4, 0.5) is 0 Å². The van der Waals surface area contributed by atoms with E-state index in [0.717, 1.165) is 17.0 Å². The van der Waals surface area contributed by atoms with Crippen molar-refractivity contribution in [2.24, 2.45) is 0 Å². The summed E-state index contributed by atoms with van der Waals surface area (Å²) in [5.74, 6) is -0.859. The summed E-state index contributed by atoms with van der Waals surface area (Å²) >= 11 is 4.13. The number of thiol groups is 1. The van der Waals surface area contributed by atoms with Crippen LogP contribution in [0.25, 0.3) is 0 Å². The summed E-state index contributed by atoms with van der Waals surface area (Å²) < 4.78 is 170. The number of ether oxygens (including phenoxy) is 32. The van der Waals surface area contributed by atoms with Crippen molar-refractivity contribution in [2.45, 2.75) is 18.4 Å². The van der Waals surface area contributed by atoms with Gasteiger partial charge >= 0.3 is 11.9 Å². The number of aryl methyl sites for hydroxylation is 1. The van der Waals surface area contributed by atoms with Crippen LogP contribution in [0.5, 0.6) is 51.7 Å². The van der Waals surface area contributed by atoms with Gasteiger partial charge in [0.1, 0.15) is 39.6 Å². The van der Waals surface area contributed by atoms with Gasteiger partial charge in [-0.05, 0) is 61.0 Å². The lowest BCUT2D eigenvalue weighted by molar-refractivity contribution is 0.0146. The summed E-state index contributed by atoms with van der Waals surface area (Å²) in [6, 6.07) is 16.6. The zero-order chi connectivity index (χ0) is 93.6. The Morgan fingerprint density at radius 2 is 0.457 bits per heavy atom. The second-order valence-corrected chi connectivity index (χ2v) is 25.4. The molecule has 0 saturated heterocycles. The quantitative estimate of drug-likeness (QED) is 0.0144. The van der Waals surface area contributed by atoms with Crippen molar-refractivity contribution < 1.29 is 203 Å². The van der Waals surface area contributed by atoms with Crippen molar-refractivity contribution in [3.05, 3.63) is 82.9 Å². The molecule has 0 heterocycles. The van der Waals surface area contributed by atoms with Gasteiger partial charge in [-0.15, -0.1) is 12.6 Å². The molecule has 0 aromatic heterocycles. The third-order valence-electron chi connectivity index (χ3n) is 15.0. The lowest BCUT2D eigenvalue weighted by atomic mass is 10.2. The Balaban J connectivity index is -0.000000821. The standard InChI is InChI=1S/C29H50O14.C28H50O13.C8H8O5.2C7H16O4.C7H8S.2H2O/c1-31-5-8-35-11-14-38-17-20-41-26-23-25(29(30)34-4)24-27(42-21-18-39-15-12-36-9-6-32-2)28(26)43-22-19-40-16-13-37-10-7-33-3;1-30-4-7-33-10-13-36-16-19-39-26-22-25(24-29)23-27(40-20-17-37-14-11-34-8-5-31-2)28(26)41-21-18-38-15-12-35-9-6-32-3;1-13-8(12)4-2-5(9)7(11)6(10)3-4;2*1-9-4-5-11-7-6-10-3-2-8;1-6-2-4-7(8)5-3-6;;/h23-24H,5-22H2,1-4H3;22-23,29H,4-21,24H2,1-3H3;2-3,9-11H,1H3;2*8H,2-7H2,1H3;2-5,8H,1H3;2*1H2. The molecule has 754 valence electrons. The largest absolute Gasteiger partial charge is 0.504 e. The minimum Gasteiger partial charge on any atom is -0.504 e. The molecule has 4 aromatic carbocycles. The summed E-state index contributed by atoms with van der Waals surface area (Å²) in [7, 11) is 15.5. The molecule has 4 aromatic rings. The van der Waals surface area contributed by atoms with Gasteiger partial charge in [-0.1, -0.05) is 17.7 Å². The van der Waals surface area contributed by atoms with Crippen molar-refractivity contribution in [2.75, 3.05) is 388 Å². The maximum Gasteiger partial charge on any atom is 0.338 e. The minimum absolute atomic E-state index is 0. The molecule has 0 saturated carbocycles. The van der Waals surface area contributed by atoms with E-state index in [2.05, 4.69) is 24.3 Å². The zero-order valence-corrected chi connectivity index (χ0v) is 78.3. The van der Waals surface area contributed by atoms with Crippen LogP contribution >= 0.6 is 12.6 Å². The number of hydrogen-bond donors (Lipinski definition) is 7. The molecular weight excluding hydrogens is 1740 g/mol. The van der Waals surface area contributed by atoms with E-state index in [9.17, 15) is 14.7 Å². The Kier molecular flexibility index (Phi) is 99.8. The Labute approximate surface area is 765 Å². The van der Waals surface area contributed by atoms with Crippen molar-refractivity contribution >= 4 is 24.6 Å². The maximum absolute atomic E-state index is 12.4. The average molecular weight is 1890 g/mol. The number of hydrogen-bond acceptors (Lipinski definition) is 41. The lowest BCUT2D eigenvalue weighted by Gasteiger charge is -2.18. The molecule has 0 aliphatic carbocycles. The Hall–Kier alpha value is -6.79. The highest BCUT2D eigenvalue weighted by Crippen LogP contribution is 2.41. The van der Waals surface area contributed by atoms with Crippen LogP contribution in [-0.2, 0) is 130 Å². The molecule has 4 rings (SSSR count). The number of rotatable bonds is 79. The monoisotopic (exact) mass is 1890 g/mol.